The molecule has 112 valence electrons. The first-order chi connectivity index (χ1) is 9.70. The van der Waals surface area contributed by atoms with Crippen molar-refractivity contribution in [1.82, 2.24) is 4.57 Å². The summed E-state index contributed by atoms with van der Waals surface area (Å²) in [5, 5.41) is 18.5. The Balaban J connectivity index is 2.36. The molecule has 0 saturated carbocycles. The van der Waals surface area contributed by atoms with E-state index in [1.54, 1.807) is 13.0 Å². The van der Waals surface area contributed by atoms with Crippen LogP contribution >= 0.6 is 0 Å². The van der Waals surface area contributed by atoms with Crippen molar-refractivity contribution in [2.24, 2.45) is 7.05 Å². The number of hydrogen-bond donors (Lipinski definition) is 3. The quantitative estimate of drug-likeness (QED) is 0.793. The summed E-state index contributed by atoms with van der Waals surface area (Å²) >= 11 is 0. The number of carboxylic acid groups (broad SMARTS) is 1. The Morgan fingerprint density at radius 3 is 2.48 bits per heavy atom. The molecular formula is C13H14N2O5S. The lowest BCUT2D eigenvalue weighted by Crippen LogP contribution is -2.12. The number of benzene rings is 1. The molecule has 1 aromatic carbocycles. The molecule has 0 radical (unpaired) electrons. The van der Waals surface area contributed by atoms with Gasteiger partial charge < -0.3 is 14.8 Å². The molecule has 0 amide bonds. The number of carbonyl (C=O) groups is 1. The molecule has 7 nitrogen and oxygen atoms in total. The second-order valence-electron chi connectivity index (χ2n) is 4.58. The van der Waals surface area contributed by atoms with Gasteiger partial charge in [0.25, 0.3) is 10.0 Å². The van der Waals surface area contributed by atoms with Gasteiger partial charge in [0.05, 0.1) is 5.69 Å². The van der Waals surface area contributed by atoms with Crippen LogP contribution in [-0.4, -0.2) is 29.2 Å². The van der Waals surface area contributed by atoms with Crippen LogP contribution in [0.15, 0.2) is 35.4 Å². The van der Waals surface area contributed by atoms with Gasteiger partial charge in [-0.05, 0) is 24.6 Å². The lowest BCUT2D eigenvalue weighted by Gasteiger charge is -2.07. The lowest BCUT2D eigenvalue weighted by atomic mass is 10.2. The maximum atomic E-state index is 12.2. The fraction of sp³-hybridized carbons (Fsp3) is 0.154. The molecule has 2 aromatic rings. The van der Waals surface area contributed by atoms with E-state index < -0.39 is 16.0 Å². The summed E-state index contributed by atoms with van der Waals surface area (Å²) in [7, 11) is -2.48. The topological polar surface area (TPSA) is 109 Å². The third-order valence-corrected chi connectivity index (χ3v) is 4.32. The number of rotatable bonds is 4. The lowest BCUT2D eigenvalue weighted by molar-refractivity contribution is 0.0686. The van der Waals surface area contributed by atoms with Crippen LogP contribution in [0.2, 0.25) is 0 Å². The van der Waals surface area contributed by atoms with Gasteiger partial charge in [0.15, 0.2) is 0 Å². The Hall–Kier alpha value is -2.48. The molecule has 3 N–H and O–H groups in total. The smallest absolute Gasteiger partial charge is 0.352 e. The summed E-state index contributed by atoms with van der Waals surface area (Å²) in [6.45, 7) is 1.68. The van der Waals surface area contributed by atoms with Gasteiger partial charge in [0.1, 0.15) is 16.3 Å². The standard InChI is InChI=1S/C13H14N2O5S/c1-8-3-4-9(5-12(8)16)14-21(19,20)10-6-11(13(17)18)15(2)7-10/h3-7,14,16H,1-2H3,(H,17,18). The van der Waals surface area contributed by atoms with Crippen LogP contribution in [0.1, 0.15) is 16.1 Å². The number of nitrogens with zero attached hydrogens (tertiary/aromatic N) is 1. The molecule has 21 heavy (non-hydrogen) atoms. The molecule has 0 aliphatic carbocycles. The average molecular weight is 310 g/mol. The summed E-state index contributed by atoms with van der Waals surface area (Å²) in [5.74, 6) is -1.25. The van der Waals surface area contributed by atoms with Gasteiger partial charge in [-0.2, -0.15) is 0 Å². The molecular weight excluding hydrogens is 296 g/mol. The van der Waals surface area contributed by atoms with E-state index in [9.17, 15) is 18.3 Å². The molecule has 0 aliphatic heterocycles. The zero-order valence-electron chi connectivity index (χ0n) is 11.4. The predicted octanol–water partition coefficient (Wildman–Crippen LogP) is 1.54. The maximum Gasteiger partial charge on any atom is 0.352 e. The molecule has 1 heterocycles. The highest BCUT2D eigenvalue weighted by atomic mass is 32.2. The molecule has 0 saturated heterocycles. The molecule has 0 bridgehead atoms. The first-order valence-corrected chi connectivity index (χ1v) is 7.41. The first kappa shape index (κ1) is 14.9. The number of carboxylic acids is 1. The zero-order chi connectivity index (χ0) is 15.8. The minimum atomic E-state index is -3.92. The van der Waals surface area contributed by atoms with Gasteiger partial charge in [-0.25, -0.2) is 13.2 Å². The number of nitrogens with one attached hydrogen (secondary N) is 1. The van der Waals surface area contributed by atoms with Crippen molar-refractivity contribution in [1.29, 1.82) is 0 Å². The number of phenols is 1. The van der Waals surface area contributed by atoms with Gasteiger partial charge >= 0.3 is 5.97 Å². The molecule has 0 spiro atoms. The minimum Gasteiger partial charge on any atom is -0.508 e. The van der Waals surface area contributed by atoms with Crippen LogP contribution in [0, 0.1) is 6.92 Å². The van der Waals surface area contributed by atoms with E-state index >= 15 is 0 Å². The van der Waals surface area contributed by atoms with Gasteiger partial charge in [-0.15, -0.1) is 0 Å². The number of aromatic nitrogens is 1. The molecule has 1 aromatic heterocycles. The van der Waals surface area contributed by atoms with Crippen molar-refractivity contribution in [3.05, 3.63) is 41.7 Å². The summed E-state index contributed by atoms with van der Waals surface area (Å²) < 4.78 is 27.9. The van der Waals surface area contributed by atoms with Crippen molar-refractivity contribution in [2.75, 3.05) is 4.72 Å². The second-order valence-corrected chi connectivity index (χ2v) is 6.27. The summed E-state index contributed by atoms with van der Waals surface area (Å²) in [6, 6.07) is 5.43. The van der Waals surface area contributed by atoms with Crippen LogP contribution in [0.3, 0.4) is 0 Å². The molecule has 2 rings (SSSR count). The molecule has 0 unspecified atom stereocenters. The van der Waals surface area contributed by atoms with E-state index in [1.165, 1.54) is 29.9 Å². The van der Waals surface area contributed by atoms with Crippen molar-refractivity contribution in [2.45, 2.75) is 11.8 Å². The van der Waals surface area contributed by atoms with Crippen molar-refractivity contribution < 1.29 is 23.4 Å². The molecule has 0 aliphatic rings. The van der Waals surface area contributed by atoms with Gasteiger partial charge in [-0.1, -0.05) is 6.07 Å². The van der Waals surface area contributed by atoms with E-state index in [4.69, 9.17) is 5.11 Å². The maximum absolute atomic E-state index is 12.2. The average Bonchev–Trinajstić information content (AvgIpc) is 2.77. The fourth-order valence-electron chi connectivity index (χ4n) is 1.78. The van der Waals surface area contributed by atoms with Gasteiger partial charge in [-0.3, -0.25) is 4.72 Å². The van der Waals surface area contributed by atoms with Crippen LogP contribution < -0.4 is 4.72 Å². The number of aryl methyl sites for hydroxylation is 2. The van der Waals surface area contributed by atoms with E-state index in [0.717, 1.165) is 6.07 Å². The van der Waals surface area contributed by atoms with Crippen molar-refractivity contribution in [3.63, 3.8) is 0 Å². The highest BCUT2D eigenvalue weighted by Gasteiger charge is 2.20. The van der Waals surface area contributed by atoms with Crippen LogP contribution in [-0.2, 0) is 17.1 Å². The summed E-state index contributed by atoms with van der Waals surface area (Å²) in [6.07, 6.45) is 1.21. The number of anilines is 1. The highest BCUT2D eigenvalue weighted by molar-refractivity contribution is 7.92. The van der Waals surface area contributed by atoms with Crippen LogP contribution in [0.5, 0.6) is 5.75 Å². The Morgan fingerprint density at radius 2 is 1.95 bits per heavy atom. The minimum absolute atomic E-state index is 0.0329. The largest absolute Gasteiger partial charge is 0.508 e. The van der Waals surface area contributed by atoms with E-state index in [2.05, 4.69) is 4.72 Å². The van der Waals surface area contributed by atoms with E-state index in [1.807, 2.05) is 0 Å². The number of aromatic hydroxyl groups is 1. The highest BCUT2D eigenvalue weighted by Crippen LogP contribution is 2.24. The van der Waals surface area contributed by atoms with Crippen LogP contribution in [0.25, 0.3) is 0 Å². The number of phenolic OH excluding ortho intramolecular Hbond substituents is 1. The van der Waals surface area contributed by atoms with E-state index in [0.29, 0.717) is 5.56 Å². The van der Waals surface area contributed by atoms with Gasteiger partial charge in [0.2, 0.25) is 0 Å². The Kier molecular flexibility index (Phi) is 3.65. The second kappa shape index (κ2) is 5.13. The third-order valence-electron chi connectivity index (χ3n) is 2.97. The fourth-order valence-corrected chi connectivity index (χ4v) is 2.90. The third kappa shape index (κ3) is 3.00. The van der Waals surface area contributed by atoms with Crippen molar-refractivity contribution >= 4 is 21.7 Å². The van der Waals surface area contributed by atoms with Crippen LogP contribution in [0.4, 0.5) is 5.69 Å². The number of aromatic carboxylic acids is 1. The van der Waals surface area contributed by atoms with Gasteiger partial charge in [0, 0.05) is 19.3 Å². The first-order valence-electron chi connectivity index (χ1n) is 5.93. The SMILES string of the molecule is Cc1ccc(NS(=O)(=O)c2cc(C(=O)O)n(C)c2)cc1O. The number of sulfonamides is 1. The normalized spacial score (nSPS) is 11.3. The monoisotopic (exact) mass is 310 g/mol. The van der Waals surface area contributed by atoms with Crippen molar-refractivity contribution in [3.8, 4) is 5.75 Å². The Morgan fingerprint density at radius 1 is 1.29 bits per heavy atom. The molecule has 0 atom stereocenters. The molecule has 8 heteroatoms. The predicted molar refractivity (Wildman–Crippen MR) is 76.0 cm³/mol. The Labute approximate surface area is 121 Å². The number of hydrogen-bond acceptors (Lipinski definition) is 4. The molecule has 0 fully saturated rings. The summed E-state index contributed by atoms with van der Waals surface area (Å²) in [4.78, 5) is 10.8. The zero-order valence-corrected chi connectivity index (χ0v) is 12.2. The van der Waals surface area contributed by atoms with E-state index in [-0.39, 0.29) is 22.0 Å². The Bertz CT molecular complexity index is 808. The summed E-state index contributed by atoms with van der Waals surface area (Å²) in [5.41, 5.74) is 0.673.